The van der Waals surface area contributed by atoms with E-state index in [2.05, 4.69) is 5.32 Å². The predicted molar refractivity (Wildman–Crippen MR) is 53.6 cm³/mol. The van der Waals surface area contributed by atoms with E-state index in [1.807, 2.05) is 13.8 Å². The summed E-state index contributed by atoms with van der Waals surface area (Å²) in [7, 11) is 0. The molecule has 80 valence electrons. The molecular weight excluding hydrogens is 180 g/mol. The smallest absolute Gasteiger partial charge is 0.222 e. The molecule has 0 aromatic carbocycles. The van der Waals surface area contributed by atoms with Crippen LogP contribution in [-0.4, -0.2) is 36.3 Å². The highest BCUT2D eigenvalue weighted by atomic mass is 16.2. The number of carbonyl (C=O) groups excluding carboxylic acids is 2. The number of hydrogen-bond acceptors (Lipinski definition) is 2. The Labute approximate surface area is 84.7 Å². The monoisotopic (exact) mass is 198 g/mol. The van der Waals surface area contributed by atoms with E-state index in [1.165, 1.54) is 0 Å². The fourth-order valence-electron chi connectivity index (χ4n) is 1.41. The zero-order valence-electron chi connectivity index (χ0n) is 9.04. The molecule has 0 atom stereocenters. The number of hydrogen-bond donors (Lipinski definition) is 1. The van der Waals surface area contributed by atoms with Crippen molar-refractivity contribution in [2.45, 2.75) is 20.8 Å². The zero-order chi connectivity index (χ0) is 10.7. The molecule has 2 amide bonds. The van der Waals surface area contributed by atoms with Crippen LogP contribution in [0.25, 0.3) is 0 Å². The molecule has 1 saturated heterocycles. The van der Waals surface area contributed by atoms with Crippen molar-refractivity contribution < 1.29 is 9.59 Å². The molecule has 0 aliphatic carbocycles. The van der Waals surface area contributed by atoms with Crippen LogP contribution in [0.3, 0.4) is 0 Å². The molecule has 0 radical (unpaired) electrons. The molecule has 1 rings (SSSR count). The number of nitrogens with zero attached hydrogens (tertiary/aromatic N) is 1. The molecule has 0 aromatic rings. The summed E-state index contributed by atoms with van der Waals surface area (Å²) in [5.74, 6) is 0.697. The van der Waals surface area contributed by atoms with Gasteiger partial charge in [-0.3, -0.25) is 9.59 Å². The Kier molecular flexibility index (Phi) is 3.49. The van der Waals surface area contributed by atoms with Crippen LogP contribution in [0.2, 0.25) is 0 Å². The number of likely N-dealkylation sites (tertiary alicyclic amines) is 1. The average Bonchev–Trinajstić information content (AvgIpc) is 1.99. The van der Waals surface area contributed by atoms with Crippen molar-refractivity contribution in [1.29, 1.82) is 0 Å². The third kappa shape index (κ3) is 2.72. The average molecular weight is 198 g/mol. The fourth-order valence-corrected chi connectivity index (χ4v) is 1.41. The van der Waals surface area contributed by atoms with E-state index in [9.17, 15) is 9.59 Å². The first-order chi connectivity index (χ1) is 6.50. The Bertz CT molecular complexity index is 232. The van der Waals surface area contributed by atoms with Gasteiger partial charge in [-0.05, 0) is 0 Å². The molecule has 0 aromatic heterocycles. The molecule has 4 heteroatoms. The summed E-state index contributed by atoms with van der Waals surface area (Å²) in [5.41, 5.74) is 0. The summed E-state index contributed by atoms with van der Waals surface area (Å²) in [6.45, 7) is 7.58. The van der Waals surface area contributed by atoms with Crippen molar-refractivity contribution in [3.05, 3.63) is 0 Å². The summed E-state index contributed by atoms with van der Waals surface area (Å²) in [5, 5.41) is 2.87. The quantitative estimate of drug-likeness (QED) is 0.706. The van der Waals surface area contributed by atoms with E-state index in [4.69, 9.17) is 0 Å². The lowest BCUT2D eigenvalue weighted by molar-refractivity contribution is -0.135. The summed E-state index contributed by atoms with van der Waals surface area (Å²) in [6.07, 6.45) is 0. The molecule has 1 heterocycles. The van der Waals surface area contributed by atoms with E-state index in [0.717, 1.165) is 13.1 Å². The molecule has 0 saturated carbocycles. The van der Waals surface area contributed by atoms with Crippen molar-refractivity contribution in [1.82, 2.24) is 10.2 Å². The highest BCUT2D eigenvalue weighted by molar-refractivity contribution is 5.78. The largest absolute Gasteiger partial charge is 0.355 e. The van der Waals surface area contributed by atoms with Crippen LogP contribution in [0.1, 0.15) is 20.8 Å². The van der Waals surface area contributed by atoms with E-state index in [-0.39, 0.29) is 17.7 Å². The van der Waals surface area contributed by atoms with Gasteiger partial charge in [0.1, 0.15) is 0 Å². The van der Waals surface area contributed by atoms with Crippen LogP contribution in [0.15, 0.2) is 0 Å². The van der Waals surface area contributed by atoms with E-state index < -0.39 is 0 Å². The number of rotatable bonds is 3. The van der Waals surface area contributed by atoms with E-state index in [1.54, 1.807) is 11.8 Å². The third-order valence-corrected chi connectivity index (χ3v) is 2.49. The molecule has 1 aliphatic heterocycles. The van der Waals surface area contributed by atoms with Crippen molar-refractivity contribution in [3.8, 4) is 0 Å². The van der Waals surface area contributed by atoms with E-state index >= 15 is 0 Å². The first kappa shape index (κ1) is 11.0. The number of carbonyl (C=O) groups is 2. The minimum absolute atomic E-state index is 0.0407. The van der Waals surface area contributed by atoms with Gasteiger partial charge in [0.25, 0.3) is 0 Å². The summed E-state index contributed by atoms with van der Waals surface area (Å²) < 4.78 is 0. The second kappa shape index (κ2) is 4.44. The van der Waals surface area contributed by atoms with Crippen molar-refractivity contribution in [3.63, 3.8) is 0 Å². The molecule has 0 bridgehead atoms. The lowest BCUT2D eigenvalue weighted by atomic mass is 10.00. The Morgan fingerprint density at radius 2 is 2.00 bits per heavy atom. The molecular formula is C10H18N2O2. The van der Waals surface area contributed by atoms with Gasteiger partial charge in [0.2, 0.25) is 11.8 Å². The normalized spacial score (nSPS) is 16.7. The van der Waals surface area contributed by atoms with Gasteiger partial charge in [0, 0.05) is 38.4 Å². The maximum Gasteiger partial charge on any atom is 0.222 e. The van der Waals surface area contributed by atoms with Gasteiger partial charge >= 0.3 is 0 Å². The van der Waals surface area contributed by atoms with Crippen LogP contribution in [0, 0.1) is 11.8 Å². The second-order valence-electron chi connectivity index (χ2n) is 4.19. The van der Waals surface area contributed by atoms with Gasteiger partial charge in [-0.25, -0.2) is 0 Å². The third-order valence-electron chi connectivity index (χ3n) is 2.49. The summed E-state index contributed by atoms with van der Waals surface area (Å²) >= 11 is 0. The fraction of sp³-hybridized carbons (Fsp3) is 0.800. The maximum absolute atomic E-state index is 11.2. The number of nitrogens with one attached hydrogen (secondary N) is 1. The molecule has 1 N–H and O–H groups in total. The highest BCUT2D eigenvalue weighted by Crippen LogP contribution is 2.14. The first-order valence-electron chi connectivity index (χ1n) is 5.04. The first-order valence-corrected chi connectivity index (χ1v) is 5.04. The Morgan fingerprint density at radius 3 is 2.43 bits per heavy atom. The van der Waals surface area contributed by atoms with Crippen LogP contribution < -0.4 is 5.32 Å². The Morgan fingerprint density at radius 1 is 1.43 bits per heavy atom. The van der Waals surface area contributed by atoms with Crippen LogP contribution in [0.5, 0.6) is 0 Å². The lowest BCUT2D eigenvalue weighted by Gasteiger charge is -2.38. The van der Waals surface area contributed by atoms with Crippen molar-refractivity contribution in [2.75, 3.05) is 19.6 Å². The van der Waals surface area contributed by atoms with Crippen molar-refractivity contribution in [2.24, 2.45) is 11.8 Å². The van der Waals surface area contributed by atoms with Gasteiger partial charge in [0.15, 0.2) is 0 Å². The zero-order valence-corrected chi connectivity index (χ0v) is 9.04. The van der Waals surface area contributed by atoms with Gasteiger partial charge in [-0.15, -0.1) is 0 Å². The minimum Gasteiger partial charge on any atom is -0.355 e. The standard InChI is InChI=1S/C10H18N2O2/c1-7(2)10(14)11-4-9-5-12(6-9)8(3)13/h7,9H,4-6H2,1-3H3,(H,11,14). The van der Waals surface area contributed by atoms with Crippen LogP contribution >= 0.6 is 0 Å². The highest BCUT2D eigenvalue weighted by Gasteiger charge is 2.28. The minimum atomic E-state index is 0.0407. The maximum atomic E-state index is 11.2. The topological polar surface area (TPSA) is 49.4 Å². The predicted octanol–water partition coefficient (Wildman–Crippen LogP) is 0.237. The molecule has 1 fully saturated rings. The molecule has 14 heavy (non-hydrogen) atoms. The summed E-state index contributed by atoms with van der Waals surface area (Å²) in [6, 6.07) is 0. The SMILES string of the molecule is CC(=O)N1CC(CNC(=O)C(C)C)C1. The number of amides is 2. The van der Waals surface area contributed by atoms with Crippen LogP contribution in [-0.2, 0) is 9.59 Å². The van der Waals surface area contributed by atoms with Gasteiger partial charge in [0.05, 0.1) is 0 Å². The molecule has 0 unspecified atom stereocenters. The lowest BCUT2D eigenvalue weighted by Crippen LogP contribution is -2.53. The van der Waals surface area contributed by atoms with Gasteiger partial charge in [-0.2, -0.15) is 0 Å². The van der Waals surface area contributed by atoms with E-state index in [0.29, 0.717) is 12.5 Å². The Balaban J connectivity index is 2.12. The van der Waals surface area contributed by atoms with Gasteiger partial charge in [-0.1, -0.05) is 13.8 Å². The molecule has 1 aliphatic rings. The van der Waals surface area contributed by atoms with Crippen molar-refractivity contribution >= 4 is 11.8 Å². The molecule has 4 nitrogen and oxygen atoms in total. The van der Waals surface area contributed by atoms with Crippen LogP contribution in [0.4, 0.5) is 0 Å². The second-order valence-corrected chi connectivity index (χ2v) is 4.19. The summed E-state index contributed by atoms with van der Waals surface area (Å²) in [4.78, 5) is 23.9. The molecule has 0 spiro atoms. The Hall–Kier alpha value is -1.06. The van der Waals surface area contributed by atoms with Gasteiger partial charge < -0.3 is 10.2 Å².